The minimum atomic E-state index is -0.981. The van der Waals surface area contributed by atoms with E-state index in [1.165, 1.54) is 0 Å². The zero-order valence-electron chi connectivity index (χ0n) is 7.81. The van der Waals surface area contributed by atoms with E-state index in [9.17, 15) is 9.59 Å². The van der Waals surface area contributed by atoms with Gasteiger partial charge >= 0.3 is 11.9 Å². The molecule has 0 aliphatic carbocycles. The second-order valence-corrected chi connectivity index (χ2v) is 1.99. The molecule has 0 bridgehead atoms. The quantitative estimate of drug-likeness (QED) is 0.382. The molecule has 0 spiro atoms. The van der Waals surface area contributed by atoms with Crippen molar-refractivity contribution in [3.8, 4) is 0 Å². The third kappa shape index (κ3) is 16.8. The number of hydrogen-bond donors (Lipinski definition) is 2. The number of rotatable bonds is 5. The summed E-state index contributed by atoms with van der Waals surface area (Å²) in [5.74, 6) is -1.42. The molecule has 0 radical (unpaired) electrons. The lowest BCUT2D eigenvalue weighted by Gasteiger charge is -1.96. The molecule has 5 nitrogen and oxygen atoms in total. The zero-order chi connectivity index (χ0) is 11.4. The third-order valence-electron chi connectivity index (χ3n) is 0.888. The highest BCUT2D eigenvalue weighted by atomic mass is 16.5. The Balaban J connectivity index is 0. The van der Waals surface area contributed by atoms with Gasteiger partial charge in [0, 0.05) is 25.2 Å². The summed E-state index contributed by atoms with van der Waals surface area (Å²) in [4.78, 5) is 19.5. The van der Waals surface area contributed by atoms with Gasteiger partial charge < -0.3 is 14.9 Å². The van der Waals surface area contributed by atoms with Gasteiger partial charge in [-0.25, -0.2) is 9.59 Å². The fourth-order valence-corrected chi connectivity index (χ4v) is 0.296. The largest absolute Gasteiger partial charge is 0.478 e. The average Bonchev–Trinajstić information content (AvgIpc) is 2.19. The maximum absolute atomic E-state index is 10.3. The summed E-state index contributed by atoms with van der Waals surface area (Å²) in [5, 5.41) is 15.8. The monoisotopic (exact) mass is 202 g/mol. The molecule has 0 amide bonds. The lowest BCUT2D eigenvalue weighted by Crippen LogP contribution is -2.02. The number of ether oxygens (including phenoxy) is 1. The molecule has 0 saturated carbocycles. The number of hydrogen-bond acceptors (Lipinski definition) is 4. The first-order chi connectivity index (χ1) is 6.58. The summed E-state index contributed by atoms with van der Waals surface area (Å²) in [7, 11) is 0. The van der Waals surface area contributed by atoms with Crippen LogP contribution in [-0.4, -0.2) is 35.4 Å². The van der Waals surface area contributed by atoms with Crippen LogP contribution >= 0.6 is 0 Å². The third-order valence-corrected chi connectivity index (χ3v) is 0.888. The number of carboxylic acids is 1. The fourth-order valence-electron chi connectivity index (χ4n) is 0.296. The Morgan fingerprint density at radius 1 is 1.29 bits per heavy atom. The van der Waals surface area contributed by atoms with Crippen LogP contribution in [-0.2, 0) is 14.3 Å². The van der Waals surface area contributed by atoms with Gasteiger partial charge in [-0.15, -0.1) is 0 Å². The first kappa shape index (κ1) is 14.9. The zero-order valence-corrected chi connectivity index (χ0v) is 7.81. The molecule has 0 aromatic heterocycles. The molecule has 0 atom stereocenters. The smallest absolute Gasteiger partial charge is 0.330 e. The van der Waals surface area contributed by atoms with Gasteiger partial charge in [0.25, 0.3) is 0 Å². The molecule has 0 aromatic carbocycles. The van der Waals surface area contributed by atoms with Crippen LogP contribution in [0.4, 0.5) is 0 Å². The molecule has 0 rings (SSSR count). The molecule has 5 heteroatoms. The van der Waals surface area contributed by atoms with Crippen molar-refractivity contribution >= 4 is 11.9 Å². The summed E-state index contributed by atoms with van der Waals surface area (Å²) in [6.45, 7) is 6.47. The summed E-state index contributed by atoms with van der Waals surface area (Å²) < 4.78 is 4.51. The standard InChI is InChI=1S/C6H10O3.C3H4O2/c1-2-6(8)9-5-3-4-7;1-2-3(4)5/h2,7H,1,3-5H2;2H,1H2,(H,4,5). The van der Waals surface area contributed by atoms with Crippen LogP contribution in [0.3, 0.4) is 0 Å². The SMILES string of the molecule is C=CC(=O)O.C=CC(=O)OCCCO. The highest BCUT2D eigenvalue weighted by Crippen LogP contribution is 1.82. The first-order valence-electron chi connectivity index (χ1n) is 3.83. The summed E-state index contributed by atoms with van der Waals surface area (Å²) in [6.07, 6.45) is 2.41. The highest BCUT2D eigenvalue weighted by molar-refractivity contribution is 5.81. The van der Waals surface area contributed by atoms with Crippen molar-refractivity contribution in [2.45, 2.75) is 6.42 Å². The summed E-state index contributed by atoms with van der Waals surface area (Å²) >= 11 is 0. The van der Waals surface area contributed by atoms with Gasteiger partial charge in [0.2, 0.25) is 0 Å². The fraction of sp³-hybridized carbons (Fsp3) is 0.333. The molecule has 0 saturated heterocycles. The number of carbonyl (C=O) groups excluding carboxylic acids is 1. The van der Waals surface area contributed by atoms with E-state index >= 15 is 0 Å². The Kier molecular flexibility index (Phi) is 12.1. The van der Waals surface area contributed by atoms with Crippen LogP contribution in [0.2, 0.25) is 0 Å². The molecule has 0 fully saturated rings. The molecular formula is C9H14O5. The predicted octanol–water partition coefficient (Wildman–Crippen LogP) is 0.355. The topological polar surface area (TPSA) is 83.8 Å². The summed E-state index contributed by atoms with van der Waals surface area (Å²) in [5.41, 5.74) is 0. The molecule has 0 unspecified atom stereocenters. The number of esters is 1. The second kappa shape index (κ2) is 11.4. The number of carbonyl (C=O) groups is 2. The van der Waals surface area contributed by atoms with E-state index < -0.39 is 11.9 Å². The van der Waals surface area contributed by atoms with E-state index in [-0.39, 0.29) is 13.2 Å². The van der Waals surface area contributed by atoms with Crippen molar-refractivity contribution in [3.05, 3.63) is 25.3 Å². The van der Waals surface area contributed by atoms with Crippen LogP contribution in [0.15, 0.2) is 25.3 Å². The maximum Gasteiger partial charge on any atom is 0.330 e. The van der Waals surface area contributed by atoms with Crippen LogP contribution < -0.4 is 0 Å². The Bertz CT molecular complexity index is 197. The van der Waals surface area contributed by atoms with Gasteiger partial charge in [-0.1, -0.05) is 13.2 Å². The van der Waals surface area contributed by atoms with Gasteiger partial charge in [0.15, 0.2) is 0 Å². The molecule has 0 aromatic rings. The Labute approximate surface area is 82.3 Å². The lowest BCUT2D eigenvalue weighted by molar-refractivity contribution is -0.138. The molecule has 80 valence electrons. The number of aliphatic hydroxyl groups is 1. The minimum absolute atomic E-state index is 0.0461. The normalized spacial score (nSPS) is 7.79. The van der Waals surface area contributed by atoms with Gasteiger partial charge in [-0.3, -0.25) is 0 Å². The van der Waals surface area contributed by atoms with Crippen molar-refractivity contribution in [2.24, 2.45) is 0 Å². The molecule has 2 N–H and O–H groups in total. The van der Waals surface area contributed by atoms with Crippen molar-refractivity contribution in [1.29, 1.82) is 0 Å². The molecular weight excluding hydrogens is 188 g/mol. The van der Waals surface area contributed by atoms with E-state index in [1.54, 1.807) is 0 Å². The second-order valence-electron chi connectivity index (χ2n) is 1.99. The van der Waals surface area contributed by atoms with Crippen molar-refractivity contribution in [3.63, 3.8) is 0 Å². The Morgan fingerprint density at radius 3 is 2.07 bits per heavy atom. The van der Waals surface area contributed by atoms with Gasteiger partial charge in [0.05, 0.1) is 6.61 Å². The summed E-state index contributed by atoms with van der Waals surface area (Å²) in [6, 6.07) is 0. The minimum Gasteiger partial charge on any atom is -0.478 e. The van der Waals surface area contributed by atoms with Crippen LogP contribution in [0.1, 0.15) is 6.42 Å². The Morgan fingerprint density at radius 2 is 1.79 bits per heavy atom. The molecule has 0 heterocycles. The van der Waals surface area contributed by atoms with E-state index in [1.807, 2.05) is 0 Å². The van der Waals surface area contributed by atoms with E-state index in [0.717, 1.165) is 12.2 Å². The van der Waals surface area contributed by atoms with Crippen molar-refractivity contribution in [1.82, 2.24) is 0 Å². The van der Waals surface area contributed by atoms with Crippen molar-refractivity contribution < 1.29 is 24.5 Å². The van der Waals surface area contributed by atoms with E-state index in [0.29, 0.717) is 6.42 Å². The lowest BCUT2D eigenvalue weighted by atomic mass is 10.5. The predicted molar refractivity (Wildman–Crippen MR) is 50.7 cm³/mol. The molecule has 0 aliphatic heterocycles. The van der Waals surface area contributed by atoms with E-state index in [4.69, 9.17) is 10.2 Å². The first-order valence-corrected chi connectivity index (χ1v) is 3.83. The Hall–Kier alpha value is -1.62. The van der Waals surface area contributed by atoms with Gasteiger partial charge in [-0.2, -0.15) is 0 Å². The van der Waals surface area contributed by atoms with Crippen LogP contribution in [0.25, 0.3) is 0 Å². The van der Waals surface area contributed by atoms with Gasteiger partial charge in [-0.05, 0) is 0 Å². The van der Waals surface area contributed by atoms with E-state index in [2.05, 4.69) is 17.9 Å². The number of aliphatic carboxylic acids is 1. The van der Waals surface area contributed by atoms with Crippen LogP contribution in [0, 0.1) is 0 Å². The van der Waals surface area contributed by atoms with Crippen molar-refractivity contribution in [2.75, 3.05) is 13.2 Å². The highest BCUT2D eigenvalue weighted by Gasteiger charge is 1.91. The van der Waals surface area contributed by atoms with Gasteiger partial charge in [0.1, 0.15) is 0 Å². The molecule has 14 heavy (non-hydrogen) atoms. The molecule has 0 aliphatic rings. The number of carboxylic acid groups (broad SMARTS) is 1. The van der Waals surface area contributed by atoms with Crippen LogP contribution in [0.5, 0.6) is 0 Å². The number of aliphatic hydroxyl groups excluding tert-OH is 1. The average molecular weight is 202 g/mol. The maximum atomic E-state index is 10.3.